The van der Waals surface area contributed by atoms with Crippen LogP contribution < -0.4 is 11.2 Å². The molecule has 0 spiro atoms. The Morgan fingerprint density at radius 2 is 2.00 bits per heavy atom. The van der Waals surface area contributed by atoms with Gasteiger partial charge in [0.05, 0.1) is 0 Å². The van der Waals surface area contributed by atoms with Crippen molar-refractivity contribution in [1.29, 1.82) is 0 Å². The molecule has 21 heavy (non-hydrogen) atoms. The molecule has 0 aliphatic rings. The van der Waals surface area contributed by atoms with Crippen molar-refractivity contribution in [2.75, 3.05) is 0 Å². The van der Waals surface area contributed by atoms with Crippen LogP contribution in [0.1, 0.15) is 5.76 Å². The third-order valence-corrected chi connectivity index (χ3v) is 3.10. The number of H-pyrrole nitrogens is 1. The van der Waals surface area contributed by atoms with Gasteiger partial charge in [-0.05, 0) is 11.8 Å². The van der Waals surface area contributed by atoms with Gasteiger partial charge >= 0.3 is 12.4 Å². The van der Waals surface area contributed by atoms with E-state index in [9.17, 15) is 19.8 Å². The van der Waals surface area contributed by atoms with Crippen LogP contribution >= 0.6 is 6.72 Å². The first-order chi connectivity index (χ1) is 9.69. The van der Waals surface area contributed by atoms with Crippen molar-refractivity contribution < 1.29 is 28.9 Å². The summed E-state index contributed by atoms with van der Waals surface area (Å²) in [5.41, 5.74) is -1.57. The van der Waals surface area contributed by atoms with Gasteiger partial charge in [-0.15, -0.1) is 0 Å². The zero-order chi connectivity index (χ0) is 15.8. The molecule has 0 aromatic carbocycles. The minimum absolute atomic E-state index is 0.377. The summed E-state index contributed by atoms with van der Waals surface area (Å²) in [5, 5.41) is 19.3. The van der Waals surface area contributed by atoms with Crippen LogP contribution in [0, 0.1) is 0 Å². The summed E-state index contributed by atoms with van der Waals surface area (Å²) in [4.78, 5) is 42.3. The molecule has 0 radical (unpaired) electrons. The van der Waals surface area contributed by atoms with E-state index in [1.165, 1.54) is 0 Å². The molecule has 0 aliphatic heterocycles. The Bertz CT molecular complexity index is 831. The standard InChI is InChI=1S/C9H9N2O8PS/c12-5-1-2-11(9(15)10-5)8-7(14)6(13)4(19-8)3-18-20(16,17)21/h1-2,13-14H,3H2,(H,10,12,15)(H2,16,17,21). The van der Waals surface area contributed by atoms with E-state index in [0.29, 0.717) is 0 Å². The molecule has 2 rings (SSSR count). The lowest BCUT2D eigenvalue weighted by Crippen LogP contribution is -2.27. The van der Waals surface area contributed by atoms with E-state index in [1.807, 2.05) is 4.98 Å². The first kappa shape index (κ1) is 15.5. The Morgan fingerprint density at radius 1 is 1.33 bits per heavy atom. The normalized spacial score (nSPS) is 11.7. The average molecular weight is 336 g/mol. The summed E-state index contributed by atoms with van der Waals surface area (Å²) >= 11 is 4.21. The molecular weight excluding hydrogens is 327 g/mol. The largest absolute Gasteiger partial charge is 0.502 e. The Kier molecular flexibility index (Phi) is 4.03. The molecule has 5 N–H and O–H groups in total. The van der Waals surface area contributed by atoms with Crippen LogP contribution in [0.3, 0.4) is 0 Å². The second-order valence-corrected chi connectivity index (χ2v) is 6.44. The minimum atomic E-state index is -3.98. The lowest BCUT2D eigenvalue weighted by molar-refractivity contribution is 0.216. The number of nitrogens with zero attached hydrogens (tertiary/aromatic N) is 1. The molecule has 0 atom stereocenters. The number of aromatic nitrogens is 2. The molecule has 12 heteroatoms. The number of aromatic amines is 1. The van der Waals surface area contributed by atoms with E-state index in [-0.39, 0.29) is 5.76 Å². The lowest BCUT2D eigenvalue weighted by Gasteiger charge is -2.06. The van der Waals surface area contributed by atoms with Gasteiger partial charge in [0.1, 0.15) is 6.61 Å². The van der Waals surface area contributed by atoms with Crippen molar-refractivity contribution in [3.05, 3.63) is 38.9 Å². The summed E-state index contributed by atoms with van der Waals surface area (Å²) in [5.74, 6) is -2.40. The zero-order valence-corrected chi connectivity index (χ0v) is 11.8. The van der Waals surface area contributed by atoms with E-state index in [1.54, 1.807) is 0 Å². The van der Waals surface area contributed by atoms with Gasteiger partial charge in [-0.3, -0.25) is 9.78 Å². The molecule has 0 bridgehead atoms. The van der Waals surface area contributed by atoms with Crippen LogP contribution in [0.2, 0.25) is 0 Å². The van der Waals surface area contributed by atoms with Crippen LogP contribution in [-0.2, 0) is 22.9 Å². The number of hydrogen-bond acceptors (Lipinski definition) is 7. The van der Waals surface area contributed by atoms with E-state index in [4.69, 9.17) is 14.2 Å². The number of hydrogen-bond donors (Lipinski definition) is 5. The molecule has 2 heterocycles. The quantitative estimate of drug-likeness (QED) is 0.453. The van der Waals surface area contributed by atoms with Crippen molar-refractivity contribution in [1.82, 2.24) is 9.55 Å². The van der Waals surface area contributed by atoms with Gasteiger partial charge in [-0.25, -0.2) is 9.36 Å². The van der Waals surface area contributed by atoms with Gasteiger partial charge in [0, 0.05) is 12.3 Å². The Hall–Kier alpha value is -1.91. The predicted octanol–water partition coefficient (Wildman–Crippen LogP) is -0.744. The Morgan fingerprint density at radius 3 is 2.57 bits per heavy atom. The molecule has 10 nitrogen and oxygen atoms in total. The number of furan rings is 1. The maximum Gasteiger partial charge on any atom is 0.335 e. The molecular formula is C9H9N2O8PS. The number of rotatable bonds is 4. The highest BCUT2D eigenvalue weighted by Gasteiger charge is 2.23. The van der Waals surface area contributed by atoms with Gasteiger partial charge in [-0.1, -0.05) is 0 Å². The molecule has 0 saturated carbocycles. The zero-order valence-electron chi connectivity index (χ0n) is 10.1. The van der Waals surface area contributed by atoms with Crippen molar-refractivity contribution >= 4 is 18.5 Å². The molecule has 0 amide bonds. The monoisotopic (exact) mass is 336 g/mol. The predicted molar refractivity (Wildman–Crippen MR) is 71.8 cm³/mol. The maximum absolute atomic E-state index is 11.6. The van der Waals surface area contributed by atoms with Crippen LogP contribution in [0.25, 0.3) is 5.88 Å². The average Bonchev–Trinajstić information content (AvgIpc) is 2.64. The van der Waals surface area contributed by atoms with E-state index >= 15 is 0 Å². The van der Waals surface area contributed by atoms with E-state index in [2.05, 4.69) is 16.3 Å². The third kappa shape index (κ3) is 3.40. The Balaban J connectivity index is 2.45. The molecule has 0 saturated heterocycles. The SMILES string of the molecule is O=c1ccn(-c2oc(COP(O)(O)=S)c(O)c2O)c(=O)[nH]1. The fourth-order valence-corrected chi connectivity index (χ4v) is 1.87. The summed E-state index contributed by atoms with van der Waals surface area (Å²) < 4.78 is 10.2. The van der Waals surface area contributed by atoms with Gasteiger partial charge < -0.3 is 28.9 Å². The van der Waals surface area contributed by atoms with Gasteiger partial charge in [0.2, 0.25) is 11.5 Å². The van der Waals surface area contributed by atoms with Gasteiger partial charge in [0.25, 0.3) is 11.4 Å². The molecule has 2 aromatic heterocycles. The molecule has 0 unspecified atom stereocenters. The lowest BCUT2D eigenvalue weighted by atomic mass is 10.4. The van der Waals surface area contributed by atoms with Gasteiger partial charge in [0.15, 0.2) is 5.76 Å². The number of aromatic hydroxyl groups is 2. The van der Waals surface area contributed by atoms with Crippen LogP contribution in [0.4, 0.5) is 0 Å². The van der Waals surface area contributed by atoms with Gasteiger partial charge in [-0.2, -0.15) is 0 Å². The first-order valence-corrected chi connectivity index (χ1v) is 7.87. The summed E-state index contributed by atoms with van der Waals surface area (Å²) in [6.07, 6.45) is 1.02. The fourth-order valence-electron chi connectivity index (χ4n) is 1.43. The highest BCUT2D eigenvalue weighted by Crippen LogP contribution is 2.42. The van der Waals surface area contributed by atoms with E-state index < -0.39 is 42.0 Å². The topological polar surface area (TPSA) is 158 Å². The summed E-state index contributed by atoms with van der Waals surface area (Å²) in [6, 6.07) is 0.998. The van der Waals surface area contributed by atoms with E-state index in [0.717, 1.165) is 16.8 Å². The Labute approximate surface area is 120 Å². The van der Waals surface area contributed by atoms with Crippen LogP contribution in [-0.4, -0.2) is 29.6 Å². The third-order valence-electron chi connectivity index (χ3n) is 2.32. The summed E-state index contributed by atoms with van der Waals surface area (Å²) in [6.45, 7) is -4.62. The summed E-state index contributed by atoms with van der Waals surface area (Å²) in [7, 11) is 0. The van der Waals surface area contributed by atoms with Crippen LogP contribution in [0.15, 0.2) is 26.3 Å². The van der Waals surface area contributed by atoms with Crippen molar-refractivity contribution in [3.63, 3.8) is 0 Å². The molecule has 0 fully saturated rings. The molecule has 114 valence electrons. The van der Waals surface area contributed by atoms with Crippen LogP contribution in [0.5, 0.6) is 11.5 Å². The minimum Gasteiger partial charge on any atom is -0.502 e. The second-order valence-electron chi connectivity index (χ2n) is 3.77. The fraction of sp³-hybridized carbons (Fsp3) is 0.111. The second kappa shape index (κ2) is 5.47. The smallest absolute Gasteiger partial charge is 0.335 e. The molecule has 0 aliphatic carbocycles. The van der Waals surface area contributed by atoms with Crippen molar-refractivity contribution in [3.8, 4) is 17.4 Å². The highest BCUT2D eigenvalue weighted by molar-refractivity contribution is 8.06. The first-order valence-electron chi connectivity index (χ1n) is 5.25. The molecule has 2 aromatic rings. The van der Waals surface area contributed by atoms with Crippen molar-refractivity contribution in [2.24, 2.45) is 0 Å². The maximum atomic E-state index is 11.6. The highest BCUT2D eigenvalue weighted by atomic mass is 32.5. The number of nitrogens with one attached hydrogen (secondary N) is 1. The van der Waals surface area contributed by atoms with Crippen molar-refractivity contribution in [2.45, 2.75) is 6.61 Å².